The predicted molar refractivity (Wildman–Crippen MR) is 115 cm³/mol. The Bertz CT molecular complexity index is 1140. The second-order valence-electron chi connectivity index (χ2n) is 7.07. The Morgan fingerprint density at radius 1 is 1.16 bits per heavy atom. The van der Waals surface area contributed by atoms with Crippen LogP contribution in [0.25, 0.3) is 17.1 Å². The SMILES string of the molecule is C[C@H]1OC(c2ccncc2NC(=O)c2nc(-c3ccccc3)ncc2N)=C[C@@H](O)[C@@H]1O. The van der Waals surface area contributed by atoms with Gasteiger partial charge in [-0.3, -0.25) is 9.78 Å². The Labute approximate surface area is 178 Å². The molecule has 5 N–H and O–H groups in total. The first kappa shape index (κ1) is 20.5. The van der Waals surface area contributed by atoms with Crippen molar-refractivity contribution in [3.05, 3.63) is 72.3 Å². The van der Waals surface area contributed by atoms with Crippen LogP contribution in [0.15, 0.2) is 61.1 Å². The quantitative estimate of drug-likeness (QED) is 0.502. The number of hydrogen-bond donors (Lipinski definition) is 4. The van der Waals surface area contributed by atoms with Crippen molar-refractivity contribution in [2.45, 2.75) is 25.2 Å². The molecule has 0 bridgehead atoms. The van der Waals surface area contributed by atoms with Gasteiger partial charge in [-0.1, -0.05) is 30.3 Å². The van der Waals surface area contributed by atoms with E-state index in [2.05, 4.69) is 20.3 Å². The van der Waals surface area contributed by atoms with E-state index < -0.39 is 24.2 Å². The number of benzene rings is 1. The number of carbonyl (C=O) groups excluding carboxylic acids is 1. The Morgan fingerprint density at radius 3 is 2.68 bits per heavy atom. The Hall–Kier alpha value is -3.82. The third-order valence-corrected chi connectivity index (χ3v) is 4.86. The van der Waals surface area contributed by atoms with Crippen molar-refractivity contribution >= 4 is 23.0 Å². The highest BCUT2D eigenvalue weighted by atomic mass is 16.5. The summed E-state index contributed by atoms with van der Waals surface area (Å²) in [6, 6.07) is 10.9. The van der Waals surface area contributed by atoms with Gasteiger partial charge in [0, 0.05) is 17.3 Å². The first-order valence-corrected chi connectivity index (χ1v) is 9.62. The fraction of sp³-hybridized carbons (Fsp3) is 0.182. The average molecular weight is 419 g/mol. The highest BCUT2D eigenvalue weighted by Gasteiger charge is 2.30. The Balaban J connectivity index is 1.64. The molecular weight excluding hydrogens is 398 g/mol. The number of nitrogens with zero attached hydrogens (tertiary/aromatic N) is 3. The molecule has 3 aromatic rings. The molecule has 0 spiro atoms. The monoisotopic (exact) mass is 419 g/mol. The number of aliphatic hydroxyl groups excluding tert-OH is 2. The van der Waals surface area contributed by atoms with E-state index in [1.165, 1.54) is 24.7 Å². The first-order chi connectivity index (χ1) is 14.9. The van der Waals surface area contributed by atoms with Gasteiger partial charge in [0.25, 0.3) is 5.91 Å². The van der Waals surface area contributed by atoms with Crippen LogP contribution < -0.4 is 11.1 Å². The third-order valence-electron chi connectivity index (χ3n) is 4.86. The number of aromatic nitrogens is 3. The number of ether oxygens (including phenoxy) is 1. The number of nitrogen functional groups attached to an aromatic ring is 1. The van der Waals surface area contributed by atoms with Crippen molar-refractivity contribution in [1.29, 1.82) is 0 Å². The maximum atomic E-state index is 13.0. The summed E-state index contributed by atoms with van der Waals surface area (Å²) in [7, 11) is 0. The number of anilines is 2. The highest BCUT2D eigenvalue weighted by Crippen LogP contribution is 2.30. The topological polar surface area (TPSA) is 143 Å². The summed E-state index contributed by atoms with van der Waals surface area (Å²) in [5.41, 5.74) is 7.69. The maximum absolute atomic E-state index is 13.0. The first-order valence-electron chi connectivity index (χ1n) is 9.62. The lowest BCUT2D eigenvalue weighted by Crippen LogP contribution is -2.39. The molecule has 0 unspecified atom stereocenters. The molecule has 4 rings (SSSR count). The van der Waals surface area contributed by atoms with E-state index in [4.69, 9.17) is 10.5 Å². The molecule has 158 valence electrons. The van der Waals surface area contributed by atoms with Gasteiger partial charge in [0.15, 0.2) is 11.5 Å². The zero-order chi connectivity index (χ0) is 22.0. The average Bonchev–Trinajstić information content (AvgIpc) is 2.78. The molecule has 0 saturated carbocycles. The number of amides is 1. The van der Waals surface area contributed by atoms with Gasteiger partial charge in [-0.15, -0.1) is 0 Å². The number of nitrogens with two attached hydrogens (primary N) is 1. The van der Waals surface area contributed by atoms with Crippen molar-refractivity contribution in [3.63, 3.8) is 0 Å². The van der Waals surface area contributed by atoms with Gasteiger partial charge >= 0.3 is 0 Å². The van der Waals surface area contributed by atoms with E-state index in [-0.39, 0.29) is 11.4 Å². The summed E-state index contributed by atoms with van der Waals surface area (Å²) >= 11 is 0. The van der Waals surface area contributed by atoms with Gasteiger partial charge in [0.2, 0.25) is 0 Å². The molecule has 1 aliphatic rings. The summed E-state index contributed by atoms with van der Waals surface area (Å²) in [6.07, 6.45) is 3.00. The molecule has 3 heterocycles. The molecule has 1 amide bonds. The second kappa shape index (κ2) is 8.50. The molecule has 0 radical (unpaired) electrons. The molecular formula is C22H21N5O4. The molecule has 9 nitrogen and oxygen atoms in total. The van der Waals surface area contributed by atoms with Gasteiger partial charge in [-0.05, 0) is 19.1 Å². The molecule has 31 heavy (non-hydrogen) atoms. The predicted octanol–water partition coefficient (Wildman–Crippen LogP) is 1.85. The molecule has 2 aromatic heterocycles. The number of pyridine rings is 1. The number of rotatable bonds is 4. The van der Waals surface area contributed by atoms with Crippen LogP contribution in [0.3, 0.4) is 0 Å². The molecule has 0 saturated heterocycles. The summed E-state index contributed by atoms with van der Waals surface area (Å²) in [6.45, 7) is 1.65. The van der Waals surface area contributed by atoms with Gasteiger partial charge in [-0.2, -0.15) is 0 Å². The minimum absolute atomic E-state index is 0.0195. The van der Waals surface area contributed by atoms with Crippen LogP contribution in [0.5, 0.6) is 0 Å². The van der Waals surface area contributed by atoms with E-state index in [0.29, 0.717) is 22.8 Å². The van der Waals surface area contributed by atoms with Crippen LogP contribution in [0.1, 0.15) is 23.0 Å². The minimum Gasteiger partial charge on any atom is -0.487 e. The molecule has 1 aliphatic heterocycles. The number of hydrogen-bond acceptors (Lipinski definition) is 8. The smallest absolute Gasteiger partial charge is 0.276 e. The summed E-state index contributed by atoms with van der Waals surface area (Å²) in [5, 5.41) is 22.7. The van der Waals surface area contributed by atoms with Crippen molar-refractivity contribution in [2.75, 3.05) is 11.1 Å². The molecule has 3 atom stereocenters. The van der Waals surface area contributed by atoms with E-state index in [0.717, 1.165) is 5.56 Å². The molecule has 0 aliphatic carbocycles. The number of nitrogens with one attached hydrogen (secondary N) is 1. The normalized spacial score (nSPS) is 20.5. The van der Waals surface area contributed by atoms with Gasteiger partial charge < -0.3 is 26.0 Å². The lowest BCUT2D eigenvalue weighted by Gasteiger charge is -2.30. The van der Waals surface area contributed by atoms with Crippen LogP contribution in [-0.2, 0) is 4.74 Å². The van der Waals surface area contributed by atoms with Crippen LogP contribution >= 0.6 is 0 Å². The van der Waals surface area contributed by atoms with Crippen molar-refractivity contribution in [2.24, 2.45) is 0 Å². The largest absolute Gasteiger partial charge is 0.487 e. The van der Waals surface area contributed by atoms with Gasteiger partial charge in [-0.25, -0.2) is 9.97 Å². The minimum atomic E-state index is -1.10. The summed E-state index contributed by atoms with van der Waals surface area (Å²) < 4.78 is 5.71. The van der Waals surface area contributed by atoms with Crippen molar-refractivity contribution in [1.82, 2.24) is 15.0 Å². The lowest BCUT2D eigenvalue weighted by atomic mass is 10.0. The summed E-state index contributed by atoms with van der Waals surface area (Å²) in [4.78, 5) is 25.6. The summed E-state index contributed by atoms with van der Waals surface area (Å²) in [5.74, 6) is 0.149. The Kier molecular flexibility index (Phi) is 5.61. The molecule has 0 fully saturated rings. The van der Waals surface area contributed by atoms with Crippen LogP contribution in [0, 0.1) is 0 Å². The van der Waals surface area contributed by atoms with Gasteiger partial charge in [0.1, 0.15) is 24.1 Å². The third kappa shape index (κ3) is 4.23. The fourth-order valence-corrected chi connectivity index (χ4v) is 3.18. The highest BCUT2D eigenvalue weighted by molar-refractivity contribution is 6.07. The lowest BCUT2D eigenvalue weighted by molar-refractivity contribution is -0.0456. The molecule has 9 heteroatoms. The zero-order valence-corrected chi connectivity index (χ0v) is 16.6. The number of aliphatic hydroxyl groups is 2. The Morgan fingerprint density at radius 2 is 1.94 bits per heavy atom. The maximum Gasteiger partial charge on any atom is 0.276 e. The van der Waals surface area contributed by atoms with E-state index >= 15 is 0 Å². The van der Waals surface area contributed by atoms with Crippen molar-refractivity contribution < 1.29 is 19.7 Å². The van der Waals surface area contributed by atoms with Crippen LogP contribution in [0.2, 0.25) is 0 Å². The zero-order valence-electron chi connectivity index (χ0n) is 16.6. The fourth-order valence-electron chi connectivity index (χ4n) is 3.18. The molecule has 1 aromatic carbocycles. The van der Waals surface area contributed by atoms with E-state index in [1.54, 1.807) is 13.0 Å². The van der Waals surface area contributed by atoms with Crippen molar-refractivity contribution in [3.8, 4) is 11.4 Å². The van der Waals surface area contributed by atoms with Crippen LogP contribution in [-0.4, -0.2) is 49.4 Å². The van der Waals surface area contributed by atoms with Gasteiger partial charge in [0.05, 0.1) is 23.8 Å². The van der Waals surface area contributed by atoms with Crippen LogP contribution in [0.4, 0.5) is 11.4 Å². The number of carbonyl (C=O) groups is 1. The van der Waals surface area contributed by atoms with E-state index in [1.807, 2.05) is 30.3 Å². The second-order valence-corrected chi connectivity index (χ2v) is 7.07. The standard InChI is InChI=1S/C22H21N5O4/c1-12-20(29)17(28)9-18(31-12)14-7-8-24-11-16(14)26-22(30)19-15(23)10-25-21(27-19)13-5-3-2-4-6-13/h2-12,17,20,28-29H,23H2,1H3,(H,26,30)/t12-,17-,20-/m1/s1. The van der Waals surface area contributed by atoms with E-state index in [9.17, 15) is 15.0 Å².